The summed E-state index contributed by atoms with van der Waals surface area (Å²) in [6.07, 6.45) is 7.92. The minimum absolute atomic E-state index is 0.495. The van der Waals surface area contributed by atoms with E-state index in [2.05, 4.69) is 0 Å². The smallest absolute Gasteiger partial charge is 0.304 e. The molecule has 2 nitrogen and oxygen atoms in total. The van der Waals surface area contributed by atoms with E-state index in [4.69, 9.17) is 0 Å². The van der Waals surface area contributed by atoms with Crippen molar-refractivity contribution in [2.45, 2.75) is 37.4 Å². The molecule has 5 heteroatoms. The van der Waals surface area contributed by atoms with E-state index in [9.17, 15) is 9.79 Å². The summed E-state index contributed by atoms with van der Waals surface area (Å²) in [4.78, 5) is 18.9. The van der Waals surface area contributed by atoms with Crippen LogP contribution in [0.25, 0.3) is 0 Å². The number of rotatable bonds is 2. The summed E-state index contributed by atoms with van der Waals surface area (Å²) in [6, 6.07) is 0. The van der Waals surface area contributed by atoms with E-state index in [1.807, 2.05) is 0 Å². The van der Waals surface area contributed by atoms with E-state index < -0.39 is 5.69 Å². The molecule has 0 heterocycles. The SMILES string of the molecule is CSP(O)(O)=[S+]C1CCCCC1. The lowest BCUT2D eigenvalue weighted by Crippen LogP contribution is -2.10. The monoisotopic (exact) mass is 227 g/mol. The van der Waals surface area contributed by atoms with Crippen LogP contribution in [-0.2, 0) is 10.9 Å². The van der Waals surface area contributed by atoms with Gasteiger partial charge in [-0.1, -0.05) is 6.42 Å². The molecule has 72 valence electrons. The van der Waals surface area contributed by atoms with Gasteiger partial charge in [0.25, 0.3) is 0 Å². The number of hydrogen-bond acceptors (Lipinski definition) is 1. The molecular weight excluding hydrogens is 211 g/mol. The van der Waals surface area contributed by atoms with Crippen LogP contribution in [0.2, 0.25) is 0 Å². The molecule has 1 aliphatic rings. The topological polar surface area (TPSA) is 40.5 Å². The van der Waals surface area contributed by atoms with Gasteiger partial charge < -0.3 is 9.79 Å². The molecule has 0 amide bonds. The van der Waals surface area contributed by atoms with Crippen LogP contribution in [0.1, 0.15) is 32.1 Å². The highest BCUT2D eigenvalue weighted by atomic mass is 32.9. The molecule has 1 rings (SSSR count). The standard InChI is InChI=1S/C7H16O2PS2/c1-11-10(8,9)12-7-5-3-2-4-6-7/h7-9H,2-6H2,1H3/q+1. The van der Waals surface area contributed by atoms with Crippen molar-refractivity contribution in [1.29, 1.82) is 0 Å². The van der Waals surface area contributed by atoms with E-state index in [1.54, 1.807) is 6.26 Å². The van der Waals surface area contributed by atoms with Gasteiger partial charge in [0, 0.05) is 12.8 Å². The summed E-state index contributed by atoms with van der Waals surface area (Å²) >= 11 is 1.21. The highest BCUT2D eigenvalue weighted by molar-refractivity contribution is 8.69. The molecule has 0 radical (unpaired) electrons. The molecule has 0 aromatic heterocycles. The summed E-state index contributed by atoms with van der Waals surface area (Å²) in [5.41, 5.74) is -2.66. The van der Waals surface area contributed by atoms with E-state index in [-0.39, 0.29) is 0 Å². The Hall–Kier alpha value is 0.920. The van der Waals surface area contributed by atoms with Crippen LogP contribution in [-0.4, -0.2) is 21.3 Å². The average molecular weight is 227 g/mol. The van der Waals surface area contributed by atoms with Crippen molar-refractivity contribution in [1.82, 2.24) is 0 Å². The largest absolute Gasteiger partial charge is 0.430 e. The van der Waals surface area contributed by atoms with E-state index in [0.717, 1.165) is 12.8 Å². The zero-order valence-corrected chi connectivity index (χ0v) is 9.80. The van der Waals surface area contributed by atoms with Crippen LogP contribution < -0.4 is 0 Å². The van der Waals surface area contributed by atoms with Gasteiger partial charge in [0.05, 0.1) is 0 Å². The lowest BCUT2D eigenvalue weighted by atomic mass is 10.0. The summed E-state index contributed by atoms with van der Waals surface area (Å²) < 4.78 is 0. The van der Waals surface area contributed by atoms with Crippen LogP contribution in [0.5, 0.6) is 0 Å². The summed E-state index contributed by atoms with van der Waals surface area (Å²) in [6.45, 7) is 0. The van der Waals surface area contributed by atoms with Gasteiger partial charge in [-0.3, -0.25) is 0 Å². The van der Waals surface area contributed by atoms with Gasteiger partial charge in [-0.25, -0.2) is 0 Å². The molecule has 2 N–H and O–H groups in total. The average Bonchev–Trinajstić information content (AvgIpc) is 2.06. The fourth-order valence-corrected chi connectivity index (χ4v) is 6.35. The van der Waals surface area contributed by atoms with E-state index in [0.29, 0.717) is 5.25 Å². The van der Waals surface area contributed by atoms with E-state index in [1.165, 1.54) is 41.6 Å². The maximum atomic E-state index is 9.47. The van der Waals surface area contributed by atoms with Crippen molar-refractivity contribution < 1.29 is 9.79 Å². The van der Waals surface area contributed by atoms with Gasteiger partial charge in [-0.2, -0.15) is 0 Å². The molecule has 0 aliphatic heterocycles. The van der Waals surface area contributed by atoms with Crippen molar-refractivity contribution in [2.24, 2.45) is 0 Å². The Labute approximate surface area is 81.6 Å². The van der Waals surface area contributed by atoms with Crippen LogP contribution in [0.4, 0.5) is 0 Å². The molecule has 0 aromatic carbocycles. The maximum absolute atomic E-state index is 9.47. The molecule has 1 fully saturated rings. The van der Waals surface area contributed by atoms with Crippen LogP contribution >= 0.6 is 17.1 Å². The van der Waals surface area contributed by atoms with Crippen molar-refractivity contribution in [3.05, 3.63) is 0 Å². The molecule has 0 saturated heterocycles. The van der Waals surface area contributed by atoms with Gasteiger partial charge in [0.1, 0.15) is 0 Å². The maximum Gasteiger partial charge on any atom is 0.430 e. The Kier molecular flexibility index (Phi) is 4.55. The minimum atomic E-state index is -2.66. The predicted molar refractivity (Wildman–Crippen MR) is 59.1 cm³/mol. The molecule has 12 heavy (non-hydrogen) atoms. The van der Waals surface area contributed by atoms with Crippen molar-refractivity contribution >= 4 is 28.0 Å². The quantitative estimate of drug-likeness (QED) is 0.562. The molecular formula is C7H16O2PS2+. The first-order chi connectivity index (χ1) is 5.64. The number of hydrogen-bond donors (Lipinski definition) is 2. The summed E-state index contributed by atoms with van der Waals surface area (Å²) in [5, 5.41) is 0.495. The molecule has 0 atom stereocenters. The third-order valence-corrected chi connectivity index (χ3v) is 8.86. The van der Waals surface area contributed by atoms with Crippen molar-refractivity contribution in [3.63, 3.8) is 0 Å². The highest BCUT2D eigenvalue weighted by Crippen LogP contribution is 2.52. The van der Waals surface area contributed by atoms with Gasteiger partial charge in [0.15, 0.2) is 5.25 Å². The molecule has 0 spiro atoms. The third-order valence-electron chi connectivity index (χ3n) is 2.08. The normalized spacial score (nSPS) is 20.9. The van der Waals surface area contributed by atoms with E-state index >= 15 is 0 Å². The van der Waals surface area contributed by atoms with Crippen LogP contribution in [0, 0.1) is 0 Å². The molecule has 1 saturated carbocycles. The fraction of sp³-hybridized carbons (Fsp3) is 1.00. The Balaban J connectivity index is 2.52. The zero-order valence-electron chi connectivity index (χ0n) is 7.27. The third kappa shape index (κ3) is 3.75. The molecule has 0 unspecified atom stereocenters. The van der Waals surface area contributed by atoms with Gasteiger partial charge >= 0.3 is 5.69 Å². The predicted octanol–water partition coefficient (Wildman–Crippen LogP) is 2.43. The summed E-state index contributed by atoms with van der Waals surface area (Å²) in [7, 11) is 1.41. The van der Waals surface area contributed by atoms with Crippen LogP contribution in [0.15, 0.2) is 0 Å². The second kappa shape index (κ2) is 4.97. The zero-order chi connectivity index (χ0) is 9.03. The Morgan fingerprint density at radius 3 is 2.33 bits per heavy atom. The van der Waals surface area contributed by atoms with Gasteiger partial charge in [0.2, 0.25) is 10.9 Å². The lowest BCUT2D eigenvalue weighted by molar-refractivity contribution is 0.498. The Bertz CT molecular complexity index is 184. The second-order valence-electron chi connectivity index (χ2n) is 3.04. The fourth-order valence-electron chi connectivity index (χ4n) is 1.41. The molecule has 1 aliphatic carbocycles. The highest BCUT2D eigenvalue weighted by Gasteiger charge is 2.29. The first-order valence-corrected chi connectivity index (χ1v) is 9.23. The lowest BCUT2D eigenvalue weighted by Gasteiger charge is -2.10. The summed E-state index contributed by atoms with van der Waals surface area (Å²) in [5.74, 6) is 0. The molecule has 0 bridgehead atoms. The first kappa shape index (κ1) is 11.0. The van der Waals surface area contributed by atoms with Gasteiger partial charge in [-0.05, 0) is 30.5 Å². The first-order valence-electron chi connectivity index (χ1n) is 4.23. The Morgan fingerprint density at radius 1 is 1.25 bits per heavy atom. The minimum Gasteiger partial charge on any atom is -0.304 e. The van der Waals surface area contributed by atoms with Crippen molar-refractivity contribution in [3.8, 4) is 0 Å². The van der Waals surface area contributed by atoms with Crippen molar-refractivity contribution in [2.75, 3.05) is 6.26 Å². The van der Waals surface area contributed by atoms with Gasteiger partial charge in [-0.15, -0.1) is 0 Å². The van der Waals surface area contributed by atoms with Crippen LogP contribution in [0.3, 0.4) is 0 Å². The second-order valence-corrected chi connectivity index (χ2v) is 10.7. The molecule has 0 aromatic rings. The Morgan fingerprint density at radius 2 is 1.83 bits per heavy atom.